The highest BCUT2D eigenvalue weighted by atomic mass is 19.4. The summed E-state index contributed by atoms with van der Waals surface area (Å²) in [6.07, 6.45) is -1.41. The van der Waals surface area contributed by atoms with E-state index in [1.807, 2.05) is 4.90 Å². The number of likely N-dealkylation sites (tertiary alicyclic amines) is 1. The first kappa shape index (κ1) is 17.8. The molecule has 7 heteroatoms. The topological polar surface area (TPSA) is 40.6 Å². The summed E-state index contributed by atoms with van der Waals surface area (Å²) in [5.41, 5.74) is -0.0501. The molecule has 1 aliphatic heterocycles. The Balaban J connectivity index is 1.59. The molecule has 1 saturated heterocycles. The van der Waals surface area contributed by atoms with E-state index in [-0.39, 0.29) is 24.3 Å². The van der Waals surface area contributed by atoms with E-state index < -0.39 is 11.7 Å². The van der Waals surface area contributed by atoms with Crippen LogP contribution < -0.4 is 0 Å². The van der Waals surface area contributed by atoms with Gasteiger partial charge in [-0.25, -0.2) is 0 Å². The quantitative estimate of drug-likeness (QED) is 0.834. The summed E-state index contributed by atoms with van der Waals surface area (Å²) in [5, 5.41) is 0. The van der Waals surface area contributed by atoms with E-state index in [1.54, 1.807) is 7.05 Å². The predicted molar refractivity (Wildman–Crippen MR) is 85.4 cm³/mol. The van der Waals surface area contributed by atoms with Crippen LogP contribution in [0.15, 0.2) is 24.3 Å². The van der Waals surface area contributed by atoms with Crippen LogP contribution in [0.5, 0.6) is 0 Å². The average Bonchev–Trinajstić information content (AvgIpc) is 3.39. The molecule has 1 aliphatic carbocycles. The Kier molecular flexibility index (Phi) is 4.75. The van der Waals surface area contributed by atoms with Crippen LogP contribution in [0, 0.1) is 5.92 Å². The van der Waals surface area contributed by atoms with Crippen molar-refractivity contribution in [2.24, 2.45) is 5.92 Å². The van der Waals surface area contributed by atoms with Crippen molar-refractivity contribution in [1.29, 1.82) is 0 Å². The zero-order valence-corrected chi connectivity index (χ0v) is 14.1. The van der Waals surface area contributed by atoms with Crippen molar-refractivity contribution in [2.75, 3.05) is 13.6 Å². The summed E-state index contributed by atoms with van der Waals surface area (Å²) in [7, 11) is 1.65. The summed E-state index contributed by atoms with van der Waals surface area (Å²) in [4.78, 5) is 27.9. The highest BCUT2D eigenvalue weighted by molar-refractivity contribution is 5.84. The van der Waals surface area contributed by atoms with Crippen LogP contribution in [-0.4, -0.2) is 41.2 Å². The van der Waals surface area contributed by atoms with E-state index in [1.165, 1.54) is 17.0 Å². The molecule has 1 atom stereocenters. The van der Waals surface area contributed by atoms with E-state index in [9.17, 15) is 22.8 Å². The van der Waals surface area contributed by atoms with Gasteiger partial charge >= 0.3 is 6.18 Å². The Morgan fingerprint density at radius 2 is 1.84 bits per heavy atom. The van der Waals surface area contributed by atoms with Gasteiger partial charge in [-0.1, -0.05) is 12.1 Å². The Morgan fingerprint density at radius 1 is 1.20 bits per heavy atom. The van der Waals surface area contributed by atoms with Crippen LogP contribution in [-0.2, 0) is 22.3 Å². The summed E-state index contributed by atoms with van der Waals surface area (Å²) < 4.78 is 37.8. The van der Waals surface area contributed by atoms with Crippen LogP contribution in [0.4, 0.5) is 13.2 Å². The molecule has 0 unspecified atom stereocenters. The number of carbonyl (C=O) groups excluding carboxylic acids is 2. The Labute approximate surface area is 144 Å². The van der Waals surface area contributed by atoms with E-state index >= 15 is 0 Å². The van der Waals surface area contributed by atoms with Crippen LogP contribution in [0.25, 0.3) is 0 Å². The molecular formula is C18H21F3N2O2. The van der Waals surface area contributed by atoms with Crippen LogP contribution in [0.3, 0.4) is 0 Å². The monoisotopic (exact) mass is 354 g/mol. The molecule has 3 rings (SSSR count). The Hall–Kier alpha value is -2.05. The van der Waals surface area contributed by atoms with Crippen molar-refractivity contribution < 1.29 is 22.8 Å². The molecule has 1 heterocycles. The maximum absolute atomic E-state index is 12.6. The molecule has 2 fully saturated rings. The number of rotatable bonds is 4. The third-order valence-electron chi connectivity index (χ3n) is 4.86. The number of amides is 2. The molecule has 0 aromatic heterocycles. The zero-order valence-electron chi connectivity index (χ0n) is 14.1. The number of carbonyl (C=O) groups is 2. The molecule has 0 N–H and O–H groups in total. The fourth-order valence-electron chi connectivity index (χ4n) is 3.27. The normalized spacial score (nSPS) is 21.4. The van der Waals surface area contributed by atoms with Crippen molar-refractivity contribution in [3.63, 3.8) is 0 Å². The number of halogens is 3. The number of piperidine rings is 1. The average molecular weight is 354 g/mol. The summed E-state index contributed by atoms with van der Waals surface area (Å²) in [6.45, 7) is 0.713. The SMILES string of the molecule is CN(Cc1ccc(C(F)(F)F)cc1)C(=O)[C@H]1CCC(=O)N(C2CC2)C1. The first-order chi connectivity index (χ1) is 11.8. The fourth-order valence-corrected chi connectivity index (χ4v) is 3.27. The second-order valence-electron chi connectivity index (χ2n) is 6.90. The van der Waals surface area contributed by atoms with Gasteiger partial charge in [-0.3, -0.25) is 9.59 Å². The smallest absolute Gasteiger partial charge is 0.341 e. The van der Waals surface area contributed by atoms with E-state index in [4.69, 9.17) is 0 Å². The maximum atomic E-state index is 12.6. The van der Waals surface area contributed by atoms with Gasteiger partial charge in [-0.15, -0.1) is 0 Å². The van der Waals surface area contributed by atoms with Gasteiger partial charge in [-0.05, 0) is 37.0 Å². The molecule has 136 valence electrons. The number of hydrogen-bond acceptors (Lipinski definition) is 2. The molecule has 0 spiro atoms. The first-order valence-corrected chi connectivity index (χ1v) is 8.46. The summed E-state index contributed by atoms with van der Waals surface area (Å²) in [6, 6.07) is 5.15. The lowest BCUT2D eigenvalue weighted by Gasteiger charge is -2.34. The molecule has 1 aromatic carbocycles. The van der Waals surface area contributed by atoms with E-state index in [0.717, 1.165) is 25.0 Å². The summed E-state index contributed by atoms with van der Waals surface area (Å²) >= 11 is 0. The maximum Gasteiger partial charge on any atom is 0.416 e. The zero-order chi connectivity index (χ0) is 18.2. The number of alkyl halides is 3. The second kappa shape index (κ2) is 6.69. The molecule has 1 aromatic rings. The van der Waals surface area contributed by atoms with Crippen molar-refractivity contribution in [2.45, 2.75) is 44.4 Å². The number of nitrogens with zero attached hydrogens (tertiary/aromatic N) is 2. The van der Waals surface area contributed by atoms with Gasteiger partial charge in [0, 0.05) is 32.6 Å². The standard InChI is InChI=1S/C18H21F3N2O2/c1-22(10-12-2-5-14(6-3-12)18(19,20)21)17(25)13-4-9-16(24)23(11-13)15-7-8-15/h2-3,5-6,13,15H,4,7-11H2,1H3/t13-/m0/s1. The predicted octanol–water partition coefficient (Wildman–Crippen LogP) is 3.06. The van der Waals surface area contributed by atoms with E-state index in [0.29, 0.717) is 31.0 Å². The van der Waals surface area contributed by atoms with Crippen molar-refractivity contribution in [3.8, 4) is 0 Å². The Morgan fingerprint density at radius 3 is 2.40 bits per heavy atom. The molecule has 2 aliphatic rings. The van der Waals surface area contributed by atoms with Gasteiger partial charge in [-0.2, -0.15) is 13.2 Å². The molecule has 2 amide bonds. The fraction of sp³-hybridized carbons (Fsp3) is 0.556. The second-order valence-corrected chi connectivity index (χ2v) is 6.90. The lowest BCUT2D eigenvalue weighted by atomic mass is 9.95. The first-order valence-electron chi connectivity index (χ1n) is 8.46. The molecule has 4 nitrogen and oxygen atoms in total. The van der Waals surface area contributed by atoms with Gasteiger partial charge in [0.1, 0.15) is 0 Å². The Bertz CT molecular complexity index is 653. The highest BCUT2D eigenvalue weighted by Gasteiger charge is 2.39. The third-order valence-corrected chi connectivity index (χ3v) is 4.86. The highest BCUT2D eigenvalue weighted by Crippen LogP contribution is 2.32. The minimum atomic E-state index is -4.36. The van der Waals surface area contributed by atoms with Gasteiger partial charge in [0.05, 0.1) is 11.5 Å². The molecule has 0 radical (unpaired) electrons. The van der Waals surface area contributed by atoms with Gasteiger partial charge in [0.25, 0.3) is 0 Å². The number of benzene rings is 1. The molecule has 1 saturated carbocycles. The van der Waals surface area contributed by atoms with Crippen molar-refractivity contribution >= 4 is 11.8 Å². The number of hydrogen-bond donors (Lipinski definition) is 0. The van der Waals surface area contributed by atoms with Crippen LogP contribution >= 0.6 is 0 Å². The minimum Gasteiger partial charge on any atom is -0.341 e. The van der Waals surface area contributed by atoms with Crippen LogP contribution in [0.1, 0.15) is 36.8 Å². The largest absolute Gasteiger partial charge is 0.416 e. The van der Waals surface area contributed by atoms with Crippen molar-refractivity contribution in [3.05, 3.63) is 35.4 Å². The minimum absolute atomic E-state index is 0.0574. The van der Waals surface area contributed by atoms with Gasteiger partial charge in [0.2, 0.25) is 11.8 Å². The lowest BCUT2D eigenvalue weighted by Crippen LogP contribution is -2.46. The molecule has 25 heavy (non-hydrogen) atoms. The van der Waals surface area contributed by atoms with Crippen LogP contribution in [0.2, 0.25) is 0 Å². The van der Waals surface area contributed by atoms with Gasteiger partial charge < -0.3 is 9.80 Å². The third kappa shape index (κ3) is 4.14. The lowest BCUT2D eigenvalue weighted by molar-refractivity contribution is -0.143. The van der Waals surface area contributed by atoms with E-state index in [2.05, 4.69) is 0 Å². The van der Waals surface area contributed by atoms with Gasteiger partial charge in [0.15, 0.2) is 0 Å². The molecular weight excluding hydrogens is 333 g/mol. The summed E-state index contributed by atoms with van der Waals surface area (Å²) in [5.74, 6) is -0.160. The van der Waals surface area contributed by atoms with Crippen molar-refractivity contribution in [1.82, 2.24) is 9.80 Å². The molecule has 0 bridgehead atoms.